The average Bonchev–Trinajstić information content (AvgIpc) is 2.45. The van der Waals surface area contributed by atoms with Crippen LogP contribution in [0.1, 0.15) is 38.5 Å². The van der Waals surface area contributed by atoms with Crippen LogP contribution in [-0.4, -0.2) is 54.9 Å². The Kier molecular flexibility index (Phi) is 4.91. The molecule has 0 aromatic carbocycles. The zero-order valence-corrected chi connectivity index (χ0v) is 13.1. The molecular weight excluding hydrogens is 294 g/mol. The predicted molar refractivity (Wildman–Crippen MR) is 77.5 cm³/mol. The molecule has 0 aromatic heterocycles. The molecule has 2 aliphatic rings. The van der Waals surface area contributed by atoms with Crippen molar-refractivity contribution >= 4 is 21.7 Å². The van der Waals surface area contributed by atoms with Gasteiger partial charge >= 0.3 is 5.97 Å². The van der Waals surface area contributed by atoms with Crippen LogP contribution in [-0.2, 0) is 19.4 Å². The first kappa shape index (κ1) is 16.3. The van der Waals surface area contributed by atoms with Crippen molar-refractivity contribution in [2.24, 2.45) is 11.8 Å². The highest BCUT2D eigenvalue weighted by molar-refractivity contribution is 7.91. The summed E-state index contributed by atoms with van der Waals surface area (Å²) in [7, 11) is -1.28. The highest BCUT2D eigenvalue weighted by Crippen LogP contribution is 2.32. The molecule has 1 aliphatic carbocycles. The summed E-state index contributed by atoms with van der Waals surface area (Å²) in [5.74, 6) is -1.86. The van der Waals surface area contributed by atoms with E-state index in [1.807, 2.05) is 0 Å². The van der Waals surface area contributed by atoms with Crippen molar-refractivity contribution in [3.05, 3.63) is 0 Å². The van der Waals surface area contributed by atoms with E-state index < -0.39 is 27.6 Å². The standard InChI is InChI=1S/C14H23NO5S/c1-15(10-6-8-21(19,20)9-7-10)13(16)11-4-2-3-5-12(11)14(17)18/h10-12H,2-9H2,1H3,(H,17,18)/t11-,12+/m1/s1. The summed E-state index contributed by atoms with van der Waals surface area (Å²) in [5.41, 5.74) is 0. The van der Waals surface area contributed by atoms with Gasteiger partial charge in [0.1, 0.15) is 9.84 Å². The average molecular weight is 317 g/mol. The van der Waals surface area contributed by atoms with Gasteiger partial charge in [0, 0.05) is 13.1 Å². The fourth-order valence-corrected chi connectivity index (χ4v) is 4.89. The van der Waals surface area contributed by atoms with Crippen LogP contribution < -0.4 is 0 Å². The second-order valence-corrected chi connectivity index (χ2v) is 8.47. The van der Waals surface area contributed by atoms with Crippen LogP contribution in [0.25, 0.3) is 0 Å². The van der Waals surface area contributed by atoms with Crippen LogP contribution >= 0.6 is 0 Å². The maximum atomic E-state index is 12.6. The first-order valence-electron chi connectivity index (χ1n) is 7.52. The highest BCUT2D eigenvalue weighted by atomic mass is 32.2. The molecule has 21 heavy (non-hydrogen) atoms. The van der Waals surface area contributed by atoms with E-state index in [0.29, 0.717) is 25.7 Å². The Balaban J connectivity index is 2.03. The van der Waals surface area contributed by atoms with Crippen molar-refractivity contribution in [3.8, 4) is 0 Å². The molecule has 0 bridgehead atoms. The van der Waals surface area contributed by atoms with Gasteiger partial charge in [-0.2, -0.15) is 0 Å². The zero-order valence-electron chi connectivity index (χ0n) is 12.3. The van der Waals surface area contributed by atoms with Crippen molar-refractivity contribution < 1.29 is 23.1 Å². The van der Waals surface area contributed by atoms with Crippen molar-refractivity contribution in [2.45, 2.75) is 44.6 Å². The first-order chi connectivity index (χ1) is 9.82. The lowest BCUT2D eigenvalue weighted by molar-refractivity contribution is -0.152. The number of nitrogens with zero attached hydrogens (tertiary/aromatic N) is 1. The molecule has 1 saturated carbocycles. The molecule has 120 valence electrons. The number of carboxylic acids is 1. The summed E-state index contributed by atoms with van der Waals surface area (Å²) in [5, 5.41) is 9.27. The van der Waals surface area contributed by atoms with Gasteiger partial charge in [0.05, 0.1) is 23.3 Å². The molecule has 1 N–H and O–H groups in total. The molecule has 1 heterocycles. The maximum Gasteiger partial charge on any atom is 0.307 e. The van der Waals surface area contributed by atoms with E-state index in [2.05, 4.69) is 0 Å². The van der Waals surface area contributed by atoms with E-state index in [9.17, 15) is 23.1 Å². The van der Waals surface area contributed by atoms with Crippen LogP contribution in [0.3, 0.4) is 0 Å². The molecule has 0 aromatic rings. The smallest absolute Gasteiger partial charge is 0.307 e. The maximum absolute atomic E-state index is 12.6. The SMILES string of the molecule is CN(C(=O)[C@@H]1CCCC[C@@H]1C(=O)O)C1CCS(=O)(=O)CC1. The lowest BCUT2D eigenvalue weighted by atomic mass is 9.78. The molecule has 1 saturated heterocycles. The Labute approximate surface area is 125 Å². The Morgan fingerprint density at radius 3 is 2.05 bits per heavy atom. The van der Waals surface area contributed by atoms with Crippen LogP contribution in [0.2, 0.25) is 0 Å². The Morgan fingerprint density at radius 2 is 1.52 bits per heavy atom. The molecule has 2 fully saturated rings. The van der Waals surface area contributed by atoms with E-state index in [4.69, 9.17) is 0 Å². The van der Waals surface area contributed by atoms with Gasteiger partial charge in [-0.15, -0.1) is 0 Å². The summed E-state index contributed by atoms with van der Waals surface area (Å²) < 4.78 is 22.9. The van der Waals surface area contributed by atoms with Gasteiger partial charge in [-0.25, -0.2) is 8.42 Å². The van der Waals surface area contributed by atoms with Crippen LogP contribution in [0.5, 0.6) is 0 Å². The molecule has 0 radical (unpaired) electrons. The fraction of sp³-hybridized carbons (Fsp3) is 0.857. The molecule has 6 nitrogen and oxygen atoms in total. The van der Waals surface area contributed by atoms with Gasteiger partial charge in [-0.05, 0) is 25.7 Å². The van der Waals surface area contributed by atoms with Crippen molar-refractivity contribution in [3.63, 3.8) is 0 Å². The summed E-state index contributed by atoms with van der Waals surface area (Å²) in [6.07, 6.45) is 3.81. The Bertz CT molecular complexity index is 501. The lowest BCUT2D eigenvalue weighted by Gasteiger charge is -2.36. The summed E-state index contributed by atoms with van der Waals surface area (Å²) >= 11 is 0. The van der Waals surface area contributed by atoms with Crippen molar-refractivity contribution in [1.82, 2.24) is 4.90 Å². The summed E-state index contributed by atoms with van der Waals surface area (Å²) in [6.45, 7) is 0. The van der Waals surface area contributed by atoms with Crippen LogP contribution in [0.4, 0.5) is 0 Å². The second kappa shape index (κ2) is 6.34. The zero-order chi connectivity index (χ0) is 15.6. The van der Waals surface area contributed by atoms with Crippen LogP contribution in [0, 0.1) is 11.8 Å². The minimum Gasteiger partial charge on any atom is -0.481 e. The normalized spacial score (nSPS) is 29.8. The molecule has 1 amide bonds. The highest BCUT2D eigenvalue weighted by Gasteiger charge is 2.39. The Hall–Kier alpha value is -1.11. The molecule has 0 spiro atoms. The first-order valence-corrected chi connectivity index (χ1v) is 9.34. The largest absolute Gasteiger partial charge is 0.481 e. The number of carbonyl (C=O) groups excluding carboxylic acids is 1. The van der Waals surface area contributed by atoms with Crippen molar-refractivity contribution in [1.29, 1.82) is 0 Å². The van der Waals surface area contributed by atoms with Gasteiger partial charge in [-0.3, -0.25) is 9.59 Å². The quantitative estimate of drug-likeness (QED) is 0.835. The molecule has 1 aliphatic heterocycles. The minimum atomic E-state index is -2.96. The van der Waals surface area contributed by atoms with Gasteiger partial charge in [0.15, 0.2) is 0 Å². The number of hydrogen-bond acceptors (Lipinski definition) is 4. The summed E-state index contributed by atoms with van der Waals surface area (Å²) in [6, 6.07) is -0.0857. The third-order valence-electron chi connectivity index (χ3n) is 4.82. The number of rotatable bonds is 3. The van der Waals surface area contributed by atoms with E-state index in [1.165, 1.54) is 0 Å². The topological polar surface area (TPSA) is 91.8 Å². The number of hydrogen-bond donors (Lipinski definition) is 1. The number of amides is 1. The number of carboxylic acid groups (broad SMARTS) is 1. The third kappa shape index (κ3) is 3.75. The van der Waals surface area contributed by atoms with Gasteiger partial charge < -0.3 is 10.0 Å². The fourth-order valence-electron chi connectivity index (χ4n) is 3.43. The molecule has 7 heteroatoms. The second-order valence-electron chi connectivity index (χ2n) is 6.17. The molecule has 2 rings (SSSR count). The number of sulfone groups is 1. The van der Waals surface area contributed by atoms with Crippen LogP contribution in [0.15, 0.2) is 0 Å². The van der Waals surface area contributed by atoms with E-state index in [-0.39, 0.29) is 23.5 Å². The molecule has 2 atom stereocenters. The van der Waals surface area contributed by atoms with E-state index in [1.54, 1.807) is 11.9 Å². The molecular formula is C14H23NO5S. The number of carbonyl (C=O) groups is 2. The van der Waals surface area contributed by atoms with Crippen molar-refractivity contribution in [2.75, 3.05) is 18.6 Å². The minimum absolute atomic E-state index is 0.0857. The van der Waals surface area contributed by atoms with E-state index in [0.717, 1.165) is 12.8 Å². The Morgan fingerprint density at radius 1 is 1.00 bits per heavy atom. The predicted octanol–water partition coefficient (Wildman–Crippen LogP) is 0.913. The summed E-state index contributed by atoms with van der Waals surface area (Å²) in [4.78, 5) is 25.5. The third-order valence-corrected chi connectivity index (χ3v) is 6.54. The molecule has 0 unspecified atom stereocenters. The van der Waals surface area contributed by atoms with Gasteiger partial charge in [0.2, 0.25) is 5.91 Å². The monoisotopic (exact) mass is 317 g/mol. The van der Waals surface area contributed by atoms with E-state index >= 15 is 0 Å². The van der Waals surface area contributed by atoms with Gasteiger partial charge in [-0.1, -0.05) is 12.8 Å². The number of aliphatic carboxylic acids is 1. The lowest BCUT2D eigenvalue weighted by Crippen LogP contribution is -2.47. The van der Waals surface area contributed by atoms with Gasteiger partial charge in [0.25, 0.3) is 0 Å².